The maximum atomic E-state index is 13.8. The summed E-state index contributed by atoms with van der Waals surface area (Å²) >= 11 is 0. The van der Waals surface area contributed by atoms with Gasteiger partial charge in [0.1, 0.15) is 11.6 Å². The van der Waals surface area contributed by atoms with Gasteiger partial charge in [0, 0.05) is 23.2 Å². The number of benzene rings is 2. The van der Waals surface area contributed by atoms with Crippen LogP contribution in [0, 0.1) is 17.6 Å². The molecule has 1 aliphatic carbocycles. The number of carbonyl (C=O) groups is 1. The van der Waals surface area contributed by atoms with Gasteiger partial charge in [0.05, 0.1) is 0 Å². The second kappa shape index (κ2) is 6.08. The molecule has 1 fully saturated rings. The van der Waals surface area contributed by atoms with Gasteiger partial charge in [-0.1, -0.05) is 6.07 Å². The van der Waals surface area contributed by atoms with Crippen LogP contribution in [-0.4, -0.2) is 16.1 Å². The van der Waals surface area contributed by atoms with Crippen LogP contribution in [0.25, 0.3) is 11.5 Å². The Hall–Kier alpha value is -3.09. The van der Waals surface area contributed by atoms with E-state index < -0.39 is 11.6 Å². The van der Waals surface area contributed by atoms with Crippen molar-refractivity contribution in [2.24, 2.45) is 5.92 Å². The largest absolute Gasteiger partial charge is 0.423 e. The Balaban J connectivity index is 1.41. The van der Waals surface area contributed by atoms with Gasteiger partial charge in [-0.2, -0.15) is 0 Å². The van der Waals surface area contributed by atoms with E-state index in [1.807, 2.05) is 0 Å². The molecular formula is C18H13F2N3O2. The van der Waals surface area contributed by atoms with E-state index in [1.165, 1.54) is 18.5 Å². The molecule has 0 saturated heterocycles. The monoisotopic (exact) mass is 341 g/mol. The van der Waals surface area contributed by atoms with E-state index in [0.717, 1.165) is 11.6 Å². The molecule has 7 heteroatoms. The summed E-state index contributed by atoms with van der Waals surface area (Å²) in [5.41, 5.74) is 1.75. The molecule has 25 heavy (non-hydrogen) atoms. The van der Waals surface area contributed by atoms with Crippen LogP contribution < -0.4 is 5.32 Å². The number of hydrogen-bond donors (Lipinski definition) is 1. The quantitative estimate of drug-likeness (QED) is 0.785. The van der Waals surface area contributed by atoms with Crippen molar-refractivity contribution in [3.05, 3.63) is 66.1 Å². The molecule has 0 unspecified atom stereocenters. The van der Waals surface area contributed by atoms with Crippen molar-refractivity contribution in [1.29, 1.82) is 0 Å². The lowest BCUT2D eigenvalue weighted by Gasteiger charge is -2.06. The molecule has 1 heterocycles. The van der Waals surface area contributed by atoms with Crippen molar-refractivity contribution in [3.63, 3.8) is 0 Å². The fraction of sp³-hybridized carbons (Fsp3) is 0.167. The number of hydrogen-bond acceptors (Lipinski definition) is 4. The summed E-state index contributed by atoms with van der Waals surface area (Å²) in [5, 5.41) is 10.2. The molecule has 3 aromatic rings. The number of nitrogens with zero attached hydrogens (tertiary/aromatic N) is 2. The van der Waals surface area contributed by atoms with Crippen LogP contribution in [-0.2, 0) is 4.79 Å². The van der Waals surface area contributed by atoms with Gasteiger partial charge in [0.25, 0.3) is 0 Å². The zero-order valence-electron chi connectivity index (χ0n) is 12.9. The molecular weight excluding hydrogens is 328 g/mol. The van der Waals surface area contributed by atoms with E-state index >= 15 is 0 Å². The van der Waals surface area contributed by atoms with Crippen molar-refractivity contribution < 1.29 is 18.0 Å². The Morgan fingerprint density at radius 2 is 1.96 bits per heavy atom. The number of anilines is 1. The van der Waals surface area contributed by atoms with E-state index in [0.29, 0.717) is 23.6 Å². The number of nitrogens with one attached hydrogen (secondary N) is 1. The molecule has 2 aromatic carbocycles. The minimum Gasteiger partial charge on any atom is -0.423 e. The second-order valence-electron chi connectivity index (χ2n) is 5.93. The molecule has 0 radical (unpaired) electrons. The van der Waals surface area contributed by atoms with Crippen LogP contribution in [0.3, 0.4) is 0 Å². The minimum absolute atomic E-state index is 0.181. The molecule has 1 aromatic heterocycles. The van der Waals surface area contributed by atoms with Gasteiger partial charge in [0.15, 0.2) is 0 Å². The Morgan fingerprint density at radius 3 is 2.64 bits per heavy atom. The maximum Gasteiger partial charge on any atom is 0.247 e. The van der Waals surface area contributed by atoms with Crippen molar-refractivity contribution in [1.82, 2.24) is 10.2 Å². The molecule has 1 amide bonds. The van der Waals surface area contributed by atoms with Crippen molar-refractivity contribution in [2.45, 2.75) is 12.3 Å². The third kappa shape index (κ3) is 3.13. The molecule has 126 valence electrons. The highest BCUT2D eigenvalue weighted by molar-refractivity contribution is 5.95. The number of rotatable bonds is 4. The summed E-state index contributed by atoms with van der Waals surface area (Å²) in [6.07, 6.45) is 1.79. The molecule has 5 nitrogen and oxygen atoms in total. The number of amides is 1. The van der Waals surface area contributed by atoms with Crippen molar-refractivity contribution in [3.8, 4) is 11.5 Å². The Bertz CT molecular complexity index is 911. The van der Waals surface area contributed by atoms with Gasteiger partial charge in [-0.05, 0) is 48.2 Å². The summed E-state index contributed by atoms with van der Waals surface area (Å²) < 4.78 is 31.9. The van der Waals surface area contributed by atoms with Gasteiger partial charge < -0.3 is 9.73 Å². The average Bonchev–Trinajstić information content (AvgIpc) is 3.19. The smallest absolute Gasteiger partial charge is 0.247 e. The van der Waals surface area contributed by atoms with E-state index in [-0.39, 0.29) is 17.7 Å². The van der Waals surface area contributed by atoms with Crippen molar-refractivity contribution in [2.75, 3.05) is 5.32 Å². The molecule has 1 N–H and O–H groups in total. The predicted octanol–water partition coefficient (Wildman–Crippen LogP) is 3.76. The fourth-order valence-electron chi connectivity index (χ4n) is 2.86. The highest BCUT2D eigenvalue weighted by Crippen LogP contribution is 2.48. The molecule has 4 rings (SSSR count). The maximum absolute atomic E-state index is 13.8. The summed E-state index contributed by atoms with van der Waals surface area (Å²) in [6, 6.07) is 10.4. The highest BCUT2D eigenvalue weighted by Gasteiger charge is 2.45. The van der Waals surface area contributed by atoms with Gasteiger partial charge >= 0.3 is 0 Å². The minimum atomic E-state index is -0.621. The summed E-state index contributed by atoms with van der Waals surface area (Å²) in [4.78, 5) is 12.3. The van der Waals surface area contributed by atoms with Crippen molar-refractivity contribution >= 4 is 11.6 Å². The normalized spacial score (nSPS) is 18.8. The summed E-state index contributed by atoms with van der Waals surface area (Å²) in [6.45, 7) is 0. The molecule has 0 aliphatic heterocycles. The van der Waals surface area contributed by atoms with Gasteiger partial charge in [0.2, 0.25) is 18.2 Å². The van der Waals surface area contributed by atoms with Gasteiger partial charge in [-0.15, -0.1) is 10.2 Å². The van der Waals surface area contributed by atoms with Crippen LogP contribution in [0.1, 0.15) is 17.9 Å². The van der Waals surface area contributed by atoms with Crippen LogP contribution in [0.15, 0.2) is 53.3 Å². The van der Waals surface area contributed by atoms with E-state index in [1.54, 1.807) is 24.3 Å². The topological polar surface area (TPSA) is 68.0 Å². The third-order valence-electron chi connectivity index (χ3n) is 4.25. The number of halogens is 2. The number of aromatic nitrogens is 2. The summed E-state index contributed by atoms with van der Waals surface area (Å²) in [7, 11) is 0. The van der Waals surface area contributed by atoms with Crippen LogP contribution in [0.4, 0.5) is 14.5 Å². The lowest BCUT2D eigenvalue weighted by atomic mass is 10.1. The highest BCUT2D eigenvalue weighted by atomic mass is 19.1. The van der Waals surface area contributed by atoms with E-state index in [9.17, 15) is 13.6 Å². The standard InChI is InChI=1S/C18H13F2N3O2/c19-11-3-6-13(16(20)7-11)14-8-15(14)17(24)22-12-4-1-10(2-5-12)18-23-21-9-25-18/h1-7,9,14-15H,8H2,(H,22,24)/t14-,15+/m0/s1. The lowest BCUT2D eigenvalue weighted by Crippen LogP contribution is -2.14. The first-order valence-corrected chi connectivity index (χ1v) is 7.74. The molecule has 0 bridgehead atoms. The summed E-state index contributed by atoms with van der Waals surface area (Å²) in [5.74, 6) is -1.53. The lowest BCUT2D eigenvalue weighted by molar-refractivity contribution is -0.117. The molecule has 1 aliphatic rings. The third-order valence-corrected chi connectivity index (χ3v) is 4.25. The Labute approximate surface area is 141 Å². The first-order valence-electron chi connectivity index (χ1n) is 7.74. The zero-order chi connectivity index (χ0) is 17.4. The average molecular weight is 341 g/mol. The van der Waals surface area contributed by atoms with Crippen LogP contribution in [0.2, 0.25) is 0 Å². The predicted molar refractivity (Wildman–Crippen MR) is 85.6 cm³/mol. The fourth-order valence-corrected chi connectivity index (χ4v) is 2.86. The van der Waals surface area contributed by atoms with Crippen LogP contribution in [0.5, 0.6) is 0 Å². The SMILES string of the molecule is O=C(Nc1ccc(-c2nnco2)cc1)[C@@H]1C[C@H]1c1ccc(F)cc1F. The Kier molecular flexibility index (Phi) is 3.76. The van der Waals surface area contributed by atoms with Gasteiger partial charge in [-0.25, -0.2) is 8.78 Å². The first-order chi connectivity index (χ1) is 12.1. The van der Waals surface area contributed by atoms with Crippen LogP contribution >= 0.6 is 0 Å². The molecule has 1 saturated carbocycles. The molecule has 2 atom stereocenters. The van der Waals surface area contributed by atoms with E-state index in [2.05, 4.69) is 15.5 Å². The zero-order valence-corrected chi connectivity index (χ0v) is 12.9. The molecule has 0 spiro atoms. The Morgan fingerprint density at radius 1 is 1.16 bits per heavy atom. The second-order valence-corrected chi connectivity index (χ2v) is 5.93. The van der Waals surface area contributed by atoms with Gasteiger partial charge in [-0.3, -0.25) is 4.79 Å². The number of carbonyl (C=O) groups excluding carboxylic acids is 1. The van der Waals surface area contributed by atoms with E-state index in [4.69, 9.17) is 4.42 Å². The first kappa shape index (κ1) is 15.4.